The van der Waals surface area contributed by atoms with E-state index in [0.29, 0.717) is 5.75 Å². The molecule has 17 heavy (non-hydrogen) atoms. The molecular formula is C12H17NO4. The van der Waals surface area contributed by atoms with Crippen LogP contribution in [0.4, 0.5) is 0 Å². The minimum absolute atomic E-state index is 0.0704. The van der Waals surface area contributed by atoms with Crippen LogP contribution >= 0.6 is 0 Å². The molecule has 0 aliphatic rings. The van der Waals surface area contributed by atoms with E-state index in [1.54, 1.807) is 38.3 Å². The Morgan fingerprint density at radius 3 is 2.47 bits per heavy atom. The Hall–Kier alpha value is -1.75. The second-order valence-electron chi connectivity index (χ2n) is 3.62. The number of ether oxygens (including phenoxy) is 2. The number of carbonyl (C=O) groups excluding carboxylic acids is 1. The van der Waals surface area contributed by atoms with E-state index in [4.69, 9.17) is 14.6 Å². The van der Waals surface area contributed by atoms with Gasteiger partial charge in [0.2, 0.25) is 0 Å². The highest BCUT2D eigenvalue weighted by atomic mass is 16.5. The Bertz CT molecular complexity index is 348. The number of amides is 1. The molecule has 2 N–H and O–H groups in total. The minimum Gasteiger partial charge on any atom is -0.497 e. The third-order valence-corrected chi connectivity index (χ3v) is 2.02. The molecular weight excluding hydrogens is 222 g/mol. The molecule has 1 aromatic carbocycles. The van der Waals surface area contributed by atoms with Crippen molar-refractivity contribution in [1.82, 2.24) is 5.32 Å². The predicted molar refractivity (Wildman–Crippen MR) is 63.2 cm³/mol. The van der Waals surface area contributed by atoms with E-state index in [0.717, 1.165) is 5.75 Å². The summed E-state index contributed by atoms with van der Waals surface area (Å²) in [6.45, 7) is 1.76. The van der Waals surface area contributed by atoms with Gasteiger partial charge >= 0.3 is 0 Å². The molecule has 1 aromatic rings. The minimum atomic E-state index is -0.556. The molecule has 0 aromatic heterocycles. The van der Waals surface area contributed by atoms with Crippen LogP contribution in [0.5, 0.6) is 11.5 Å². The van der Waals surface area contributed by atoms with Crippen molar-refractivity contribution in [2.75, 3.05) is 20.3 Å². The summed E-state index contributed by atoms with van der Waals surface area (Å²) in [7, 11) is 1.58. The molecule has 0 fully saturated rings. The van der Waals surface area contributed by atoms with Gasteiger partial charge in [0.05, 0.1) is 13.2 Å². The molecule has 0 heterocycles. The van der Waals surface area contributed by atoms with Gasteiger partial charge in [-0.15, -0.1) is 0 Å². The van der Waals surface area contributed by atoms with Crippen LogP contribution in [-0.2, 0) is 4.79 Å². The van der Waals surface area contributed by atoms with Crippen LogP contribution in [0.1, 0.15) is 6.92 Å². The lowest BCUT2D eigenvalue weighted by Crippen LogP contribution is -2.34. The van der Waals surface area contributed by atoms with Gasteiger partial charge in [-0.05, 0) is 31.2 Å². The number of rotatable bonds is 6. The van der Waals surface area contributed by atoms with Crippen molar-refractivity contribution in [2.24, 2.45) is 0 Å². The van der Waals surface area contributed by atoms with Crippen molar-refractivity contribution in [1.29, 1.82) is 0 Å². The van der Waals surface area contributed by atoms with Gasteiger partial charge in [-0.25, -0.2) is 0 Å². The Kier molecular flexibility index (Phi) is 5.29. The van der Waals surface area contributed by atoms with Crippen LogP contribution in [0, 0.1) is 0 Å². The van der Waals surface area contributed by atoms with Crippen molar-refractivity contribution in [3.8, 4) is 11.5 Å². The zero-order chi connectivity index (χ0) is 12.7. The first kappa shape index (κ1) is 13.3. The molecule has 1 rings (SSSR count). The standard InChI is InChI=1S/C12H17NO4/c1-9(14)7-13-12(15)8-17-11-5-3-10(16-2)4-6-11/h3-6,9,14H,7-8H2,1-2H3,(H,13,15)/t9-/m0/s1. The van der Waals surface area contributed by atoms with Gasteiger partial charge < -0.3 is 19.9 Å². The Morgan fingerprint density at radius 2 is 1.94 bits per heavy atom. The molecule has 0 radical (unpaired) electrons. The van der Waals surface area contributed by atoms with Crippen molar-refractivity contribution in [3.05, 3.63) is 24.3 Å². The fourth-order valence-corrected chi connectivity index (χ4v) is 1.13. The smallest absolute Gasteiger partial charge is 0.258 e. The fraction of sp³-hybridized carbons (Fsp3) is 0.417. The van der Waals surface area contributed by atoms with E-state index in [1.807, 2.05) is 0 Å². The highest BCUT2D eigenvalue weighted by molar-refractivity contribution is 5.77. The molecule has 94 valence electrons. The average Bonchev–Trinajstić information content (AvgIpc) is 2.34. The van der Waals surface area contributed by atoms with Crippen molar-refractivity contribution in [3.63, 3.8) is 0 Å². The summed E-state index contributed by atoms with van der Waals surface area (Å²) in [5, 5.41) is 11.5. The molecule has 5 nitrogen and oxygen atoms in total. The normalized spacial score (nSPS) is 11.7. The Morgan fingerprint density at radius 1 is 1.35 bits per heavy atom. The summed E-state index contributed by atoms with van der Waals surface area (Å²) in [6, 6.07) is 6.95. The summed E-state index contributed by atoms with van der Waals surface area (Å²) in [6.07, 6.45) is -0.556. The van der Waals surface area contributed by atoms with Crippen LogP contribution in [0.25, 0.3) is 0 Å². The highest BCUT2D eigenvalue weighted by Gasteiger charge is 2.04. The van der Waals surface area contributed by atoms with Gasteiger partial charge in [-0.1, -0.05) is 0 Å². The summed E-state index contributed by atoms with van der Waals surface area (Å²) in [5.74, 6) is 1.07. The number of methoxy groups -OCH3 is 1. The first-order chi connectivity index (χ1) is 8.11. The number of benzene rings is 1. The van der Waals surface area contributed by atoms with E-state index in [2.05, 4.69) is 5.32 Å². The largest absolute Gasteiger partial charge is 0.497 e. The van der Waals surface area contributed by atoms with Crippen LogP contribution in [0.3, 0.4) is 0 Å². The van der Waals surface area contributed by atoms with Gasteiger partial charge in [0.25, 0.3) is 5.91 Å². The number of carbonyl (C=O) groups is 1. The first-order valence-corrected chi connectivity index (χ1v) is 5.33. The number of hydrogen-bond acceptors (Lipinski definition) is 4. The number of nitrogens with one attached hydrogen (secondary N) is 1. The molecule has 5 heteroatoms. The number of aliphatic hydroxyl groups is 1. The zero-order valence-electron chi connectivity index (χ0n) is 9.97. The van der Waals surface area contributed by atoms with E-state index < -0.39 is 6.10 Å². The Balaban J connectivity index is 2.31. The lowest BCUT2D eigenvalue weighted by molar-refractivity contribution is -0.123. The number of hydrogen-bond donors (Lipinski definition) is 2. The van der Waals surface area contributed by atoms with Crippen molar-refractivity contribution in [2.45, 2.75) is 13.0 Å². The monoisotopic (exact) mass is 239 g/mol. The molecule has 0 aliphatic carbocycles. The Labute approximate surface area is 100 Å². The van der Waals surface area contributed by atoms with Gasteiger partial charge in [0.15, 0.2) is 6.61 Å². The van der Waals surface area contributed by atoms with Crippen LogP contribution < -0.4 is 14.8 Å². The maximum Gasteiger partial charge on any atom is 0.258 e. The second kappa shape index (κ2) is 6.75. The first-order valence-electron chi connectivity index (χ1n) is 5.33. The summed E-state index contributed by atoms with van der Waals surface area (Å²) < 4.78 is 10.2. The van der Waals surface area contributed by atoms with E-state index >= 15 is 0 Å². The van der Waals surface area contributed by atoms with Crippen LogP contribution in [0.2, 0.25) is 0 Å². The number of aliphatic hydroxyl groups excluding tert-OH is 1. The molecule has 1 amide bonds. The topological polar surface area (TPSA) is 67.8 Å². The summed E-state index contributed by atoms with van der Waals surface area (Å²) in [5.41, 5.74) is 0. The molecule has 0 saturated heterocycles. The van der Waals surface area contributed by atoms with E-state index in [1.165, 1.54) is 0 Å². The van der Waals surface area contributed by atoms with Gasteiger partial charge in [0.1, 0.15) is 11.5 Å². The zero-order valence-corrected chi connectivity index (χ0v) is 9.97. The maximum atomic E-state index is 11.3. The van der Waals surface area contributed by atoms with E-state index in [-0.39, 0.29) is 19.1 Å². The SMILES string of the molecule is COc1ccc(OCC(=O)NC[C@H](C)O)cc1. The fourth-order valence-electron chi connectivity index (χ4n) is 1.13. The molecule has 0 bridgehead atoms. The quantitative estimate of drug-likeness (QED) is 0.761. The molecule has 0 unspecified atom stereocenters. The lowest BCUT2D eigenvalue weighted by Gasteiger charge is -2.09. The van der Waals surface area contributed by atoms with Gasteiger partial charge in [-0.2, -0.15) is 0 Å². The second-order valence-corrected chi connectivity index (χ2v) is 3.62. The van der Waals surface area contributed by atoms with Gasteiger partial charge in [0, 0.05) is 6.54 Å². The van der Waals surface area contributed by atoms with Crippen LogP contribution in [0.15, 0.2) is 24.3 Å². The van der Waals surface area contributed by atoms with E-state index in [9.17, 15) is 4.79 Å². The average molecular weight is 239 g/mol. The van der Waals surface area contributed by atoms with Crippen molar-refractivity contribution >= 4 is 5.91 Å². The third kappa shape index (κ3) is 5.21. The predicted octanol–water partition coefficient (Wildman–Crippen LogP) is 0.571. The van der Waals surface area contributed by atoms with Crippen LogP contribution in [-0.4, -0.2) is 37.4 Å². The molecule has 0 saturated carbocycles. The summed E-state index contributed by atoms with van der Waals surface area (Å²) >= 11 is 0. The lowest BCUT2D eigenvalue weighted by atomic mass is 10.3. The maximum absolute atomic E-state index is 11.3. The van der Waals surface area contributed by atoms with Gasteiger partial charge in [-0.3, -0.25) is 4.79 Å². The molecule has 1 atom stereocenters. The summed E-state index contributed by atoms with van der Waals surface area (Å²) in [4.78, 5) is 11.3. The molecule has 0 aliphatic heterocycles. The molecule has 0 spiro atoms. The highest BCUT2D eigenvalue weighted by Crippen LogP contribution is 2.16. The third-order valence-electron chi connectivity index (χ3n) is 2.02. The van der Waals surface area contributed by atoms with Crippen molar-refractivity contribution < 1.29 is 19.4 Å².